The highest BCUT2D eigenvalue weighted by molar-refractivity contribution is 5.84. The fourth-order valence-electron chi connectivity index (χ4n) is 4.39. The van der Waals surface area contributed by atoms with Crippen molar-refractivity contribution in [3.63, 3.8) is 0 Å². The molecule has 1 atom stereocenters. The van der Waals surface area contributed by atoms with E-state index in [4.69, 9.17) is 5.11 Å². The van der Waals surface area contributed by atoms with Gasteiger partial charge in [0, 0.05) is 5.92 Å². The first-order valence-corrected chi connectivity index (χ1v) is 7.59. The summed E-state index contributed by atoms with van der Waals surface area (Å²) < 4.78 is 0. The molecule has 0 aromatic heterocycles. The van der Waals surface area contributed by atoms with Crippen LogP contribution in [-0.2, 0) is 9.59 Å². The number of nitrogens with one attached hydrogen (secondary N) is 1. The summed E-state index contributed by atoms with van der Waals surface area (Å²) in [7, 11) is 0. The minimum Gasteiger partial charge on any atom is -0.481 e. The second kappa shape index (κ2) is 4.50. The monoisotopic (exact) mass is 265 g/mol. The SMILES string of the molecule is O=C(O)CC1(NC(=O)C2CC23CCCC3)CCCC1. The van der Waals surface area contributed by atoms with Crippen molar-refractivity contribution in [2.75, 3.05) is 0 Å². The second-order valence-corrected chi connectivity index (χ2v) is 6.87. The average molecular weight is 265 g/mol. The van der Waals surface area contributed by atoms with Crippen LogP contribution in [0.25, 0.3) is 0 Å². The summed E-state index contributed by atoms with van der Waals surface area (Å²) in [6.45, 7) is 0. The van der Waals surface area contributed by atoms with Crippen LogP contribution in [0.4, 0.5) is 0 Å². The smallest absolute Gasteiger partial charge is 0.305 e. The van der Waals surface area contributed by atoms with Crippen LogP contribution in [0.15, 0.2) is 0 Å². The molecule has 3 aliphatic carbocycles. The largest absolute Gasteiger partial charge is 0.481 e. The Morgan fingerprint density at radius 1 is 1.05 bits per heavy atom. The molecule has 0 saturated heterocycles. The minimum atomic E-state index is -0.798. The van der Waals surface area contributed by atoms with Gasteiger partial charge in [0.2, 0.25) is 5.91 Å². The van der Waals surface area contributed by atoms with Crippen LogP contribution in [0.3, 0.4) is 0 Å². The highest BCUT2D eigenvalue weighted by atomic mass is 16.4. The highest BCUT2D eigenvalue weighted by Crippen LogP contribution is 2.63. The molecular formula is C15H23NO3. The maximum absolute atomic E-state index is 12.4. The van der Waals surface area contributed by atoms with Gasteiger partial charge >= 0.3 is 5.97 Å². The van der Waals surface area contributed by atoms with Crippen molar-refractivity contribution in [2.45, 2.75) is 69.7 Å². The van der Waals surface area contributed by atoms with Crippen molar-refractivity contribution in [1.29, 1.82) is 0 Å². The molecule has 106 valence electrons. The molecule has 4 heteroatoms. The minimum absolute atomic E-state index is 0.0818. The lowest BCUT2D eigenvalue weighted by Gasteiger charge is -2.29. The number of carboxylic acids is 1. The Kier molecular flexibility index (Phi) is 3.06. The molecule has 0 heterocycles. The average Bonchev–Trinajstić information content (AvgIpc) is 2.68. The topological polar surface area (TPSA) is 66.4 Å². The molecule has 3 saturated carbocycles. The van der Waals surface area contributed by atoms with E-state index in [2.05, 4.69) is 5.32 Å². The normalized spacial score (nSPS) is 30.4. The quantitative estimate of drug-likeness (QED) is 0.820. The standard InChI is InChI=1S/C15H23NO3/c17-12(18)10-15(7-3-4-8-15)16-13(19)11-9-14(11)5-1-2-6-14/h11H,1-10H2,(H,16,19)(H,17,18). The Hall–Kier alpha value is -1.06. The third kappa shape index (κ3) is 2.37. The van der Waals surface area contributed by atoms with Gasteiger partial charge in [0.05, 0.1) is 12.0 Å². The van der Waals surface area contributed by atoms with Crippen LogP contribution in [0.5, 0.6) is 0 Å². The van der Waals surface area contributed by atoms with Crippen LogP contribution in [0.1, 0.15) is 64.2 Å². The molecule has 4 nitrogen and oxygen atoms in total. The van der Waals surface area contributed by atoms with E-state index in [0.29, 0.717) is 5.41 Å². The summed E-state index contributed by atoms with van der Waals surface area (Å²) in [6, 6.07) is 0. The van der Waals surface area contributed by atoms with E-state index in [1.807, 2.05) is 0 Å². The summed E-state index contributed by atoms with van der Waals surface area (Å²) in [6.07, 6.45) is 9.71. The van der Waals surface area contributed by atoms with Crippen molar-refractivity contribution >= 4 is 11.9 Å². The molecule has 0 bridgehead atoms. The van der Waals surface area contributed by atoms with Gasteiger partial charge in [-0.2, -0.15) is 0 Å². The lowest BCUT2D eigenvalue weighted by Crippen LogP contribution is -2.48. The fraction of sp³-hybridized carbons (Fsp3) is 0.867. The number of aliphatic carboxylic acids is 1. The fourth-order valence-corrected chi connectivity index (χ4v) is 4.39. The molecule has 3 aliphatic rings. The van der Waals surface area contributed by atoms with Crippen LogP contribution in [0.2, 0.25) is 0 Å². The molecule has 3 fully saturated rings. The first-order chi connectivity index (χ1) is 9.05. The van der Waals surface area contributed by atoms with Crippen molar-refractivity contribution < 1.29 is 14.7 Å². The first-order valence-electron chi connectivity index (χ1n) is 7.59. The summed E-state index contributed by atoms with van der Waals surface area (Å²) in [4.78, 5) is 23.4. The van der Waals surface area contributed by atoms with Gasteiger partial charge in [-0.05, 0) is 37.5 Å². The molecule has 0 aromatic carbocycles. The number of carbonyl (C=O) groups is 2. The maximum atomic E-state index is 12.4. The van der Waals surface area contributed by atoms with Gasteiger partial charge in [0.1, 0.15) is 0 Å². The number of carbonyl (C=O) groups excluding carboxylic acids is 1. The van der Waals surface area contributed by atoms with Gasteiger partial charge in [-0.25, -0.2) is 0 Å². The predicted molar refractivity (Wildman–Crippen MR) is 70.6 cm³/mol. The zero-order chi connectivity index (χ0) is 13.5. The molecular weight excluding hydrogens is 242 g/mol. The summed E-state index contributed by atoms with van der Waals surface area (Å²) in [5, 5.41) is 12.2. The maximum Gasteiger partial charge on any atom is 0.305 e. The molecule has 0 aliphatic heterocycles. The number of rotatable bonds is 4. The molecule has 2 N–H and O–H groups in total. The van der Waals surface area contributed by atoms with E-state index < -0.39 is 11.5 Å². The number of amides is 1. The Bertz CT molecular complexity index is 392. The summed E-state index contributed by atoms with van der Waals surface area (Å²) in [5.74, 6) is -0.500. The summed E-state index contributed by atoms with van der Waals surface area (Å²) >= 11 is 0. The molecule has 3 rings (SSSR count). The van der Waals surface area contributed by atoms with E-state index in [1.54, 1.807) is 0 Å². The second-order valence-electron chi connectivity index (χ2n) is 6.87. The third-order valence-electron chi connectivity index (χ3n) is 5.54. The Labute approximate surface area is 113 Å². The van der Waals surface area contributed by atoms with E-state index in [0.717, 1.165) is 32.1 Å². The zero-order valence-electron chi connectivity index (χ0n) is 11.4. The van der Waals surface area contributed by atoms with Gasteiger partial charge < -0.3 is 10.4 Å². The van der Waals surface area contributed by atoms with Gasteiger partial charge in [0.25, 0.3) is 0 Å². The predicted octanol–water partition coefficient (Wildman–Crippen LogP) is 2.47. The lowest BCUT2D eigenvalue weighted by molar-refractivity contribution is -0.139. The Morgan fingerprint density at radius 3 is 2.21 bits per heavy atom. The Morgan fingerprint density at radius 2 is 1.63 bits per heavy atom. The highest BCUT2D eigenvalue weighted by Gasteiger charge is 2.59. The van der Waals surface area contributed by atoms with Crippen LogP contribution in [-0.4, -0.2) is 22.5 Å². The first kappa shape index (κ1) is 12.9. The van der Waals surface area contributed by atoms with Gasteiger partial charge in [-0.15, -0.1) is 0 Å². The molecule has 1 unspecified atom stereocenters. The lowest BCUT2D eigenvalue weighted by atomic mass is 9.92. The molecule has 19 heavy (non-hydrogen) atoms. The van der Waals surface area contributed by atoms with Crippen molar-refractivity contribution in [3.8, 4) is 0 Å². The summed E-state index contributed by atoms with van der Waals surface area (Å²) in [5.41, 5.74) is -0.154. The number of hydrogen-bond donors (Lipinski definition) is 2. The zero-order valence-corrected chi connectivity index (χ0v) is 11.4. The van der Waals surface area contributed by atoms with E-state index in [9.17, 15) is 9.59 Å². The molecule has 0 aromatic rings. The van der Waals surface area contributed by atoms with Crippen LogP contribution in [0, 0.1) is 11.3 Å². The molecule has 1 amide bonds. The van der Waals surface area contributed by atoms with Crippen LogP contribution >= 0.6 is 0 Å². The van der Waals surface area contributed by atoms with Gasteiger partial charge in [0.15, 0.2) is 0 Å². The molecule has 0 radical (unpaired) electrons. The Balaban J connectivity index is 1.63. The van der Waals surface area contributed by atoms with E-state index >= 15 is 0 Å². The number of carboxylic acid groups (broad SMARTS) is 1. The van der Waals surface area contributed by atoms with E-state index in [-0.39, 0.29) is 18.2 Å². The molecule has 1 spiro atoms. The van der Waals surface area contributed by atoms with Crippen LogP contribution < -0.4 is 5.32 Å². The van der Waals surface area contributed by atoms with Crippen molar-refractivity contribution in [1.82, 2.24) is 5.32 Å². The van der Waals surface area contributed by atoms with E-state index in [1.165, 1.54) is 25.7 Å². The van der Waals surface area contributed by atoms with Gasteiger partial charge in [-0.3, -0.25) is 9.59 Å². The van der Waals surface area contributed by atoms with Gasteiger partial charge in [-0.1, -0.05) is 25.7 Å². The van der Waals surface area contributed by atoms with Crippen molar-refractivity contribution in [3.05, 3.63) is 0 Å². The number of hydrogen-bond acceptors (Lipinski definition) is 2. The van der Waals surface area contributed by atoms with Crippen molar-refractivity contribution in [2.24, 2.45) is 11.3 Å². The third-order valence-corrected chi connectivity index (χ3v) is 5.54.